The summed E-state index contributed by atoms with van der Waals surface area (Å²) >= 11 is 5.55. The zero-order valence-electron chi connectivity index (χ0n) is 9.58. The summed E-state index contributed by atoms with van der Waals surface area (Å²) < 4.78 is 4.94. The monoisotopic (exact) mass is 245 g/mol. The maximum absolute atomic E-state index is 11.6. The Hall–Kier alpha value is -1.00. The van der Waals surface area contributed by atoms with E-state index in [1.807, 2.05) is 13.8 Å². The van der Waals surface area contributed by atoms with Crippen molar-refractivity contribution in [3.05, 3.63) is 23.1 Å². The van der Waals surface area contributed by atoms with Crippen LogP contribution < -0.4 is 5.32 Å². The van der Waals surface area contributed by atoms with Gasteiger partial charge < -0.3 is 14.8 Å². The van der Waals surface area contributed by atoms with Crippen LogP contribution in [0.1, 0.15) is 31.3 Å². The highest BCUT2D eigenvalue weighted by atomic mass is 35.5. The van der Waals surface area contributed by atoms with Gasteiger partial charge >= 0.3 is 0 Å². The number of amides is 1. The first-order chi connectivity index (χ1) is 7.33. The first-order valence-corrected chi connectivity index (χ1v) is 5.46. The quantitative estimate of drug-likeness (QED) is 0.854. The third-order valence-corrected chi connectivity index (χ3v) is 2.85. The van der Waals surface area contributed by atoms with Crippen molar-refractivity contribution < 1.29 is 14.3 Å². The lowest BCUT2D eigenvalue weighted by molar-refractivity contribution is 0.0139. The minimum Gasteiger partial charge on any atom is -0.440 e. The third kappa shape index (κ3) is 3.25. The molecule has 5 heteroatoms. The van der Waals surface area contributed by atoms with Crippen LogP contribution in [-0.4, -0.2) is 23.2 Å². The number of halogens is 1. The SMILES string of the molecule is CC(C)C(C)(O)CNC(=O)c1ccc(Cl)o1. The number of carbonyl (C=O) groups excluding carboxylic acids is 1. The molecule has 1 heterocycles. The summed E-state index contributed by atoms with van der Waals surface area (Å²) in [6.45, 7) is 5.61. The van der Waals surface area contributed by atoms with Crippen LogP contribution in [0.25, 0.3) is 0 Å². The maximum atomic E-state index is 11.6. The van der Waals surface area contributed by atoms with Crippen LogP contribution in [0.3, 0.4) is 0 Å². The minimum atomic E-state index is -0.938. The summed E-state index contributed by atoms with van der Waals surface area (Å²) in [7, 11) is 0. The lowest BCUT2D eigenvalue weighted by atomic mass is 9.92. The van der Waals surface area contributed by atoms with Gasteiger partial charge in [0.2, 0.25) is 0 Å². The number of rotatable bonds is 4. The van der Waals surface area contributed by atoms with Crippen molar-refractivity contribution >= 4 is 17.5 Å². The molecule has 0 fully saturated rings. The second-order valence-corrected chi connectivity index (χ2v) is 4.67. The molecule has 0 spiro atoms. The molecule has 0 aliphatic heterocycles. The Morgan fingerprint density at radius 3 is 2.69 bits per heavy atom. The zero-order chi connectivity index (χ0) is 12.3. The van der Waals surface area contributed by atoms with E-state index in [2.05, 4.69) is 5.32 Å². The molecule has 0 aromatic carbocycles. The van der Waals surface area contributed by atoms with E-state index < -0.39 is 5.60 Å². The molecule has 1 atom stereocenters. The van der Waals surface area contributed by atoms with Gasteiger partial charge in [0.1, 0.15) is 0 Å². The molecular formula is C11H16ClNO3. The first kappa shape index (κ1) is 13.1. The number of carbonyl (C=O) groups is 1. The molecule has 1 rings (SSSR count). The van der Waals surface area contributed by atoms with Gasteiger partial charge in [-0.15, -0.1) is 0 Å². The van der Waals surface area contributed by atoms with E-state index >= 15 is 0 Å². The van der Waals surface area contributed by atoms with Gasteiger partial charge in [-0.1, -0.05) is 13.8 Å². The van der Waals surface area contributed by atoms with Crippen molar-refractivity contribution in [3.8, 4) is 0 Å². The lowest BCUT2D eigenvalue weighted by Gasteiger charge is -2.27. The van der Waals surface area contributed by atoms with Gasteiger partial charge in [0.05, 0.1) is 5.60 Å². The Bertz CT molecular complexity index is 371. The van der Waals surface area contributed by atoms with E-state index in [0.29, 0.717) is 0 Å². The molecule has 90 valence electrons. The topological polar surface area (TPSA) is 62.5 Å². The molecule has 16 heavy (non-hydrogen) atoms. The lowest BCUT2D eigenvalue weighted by Crippen LogP contribution is -2.44. The summed E-state index contributed by atoms with van der Waals surface area (Å²) in [5, 5.41) is 12.7. The van der Waals surface area contributed by atoms with Crippen LogP contribution in [0.5, 0.6) is 0 Å². The van der Waals surface area contributed by atoms with Crippen LogP contribution in [0, 0.1) is 5.92 Å². The van der Waals surface area contributed by atoms with Gasteiger partial charge in [0.15, 0.2) is 11.0 Å². The number of hydrogen-bond donors (Lipinski definition) is 2. The smallest absolute Gasteiger partial charge is 0.287 e. The molecule has 0 aliphatic rings. The van der Waals surface area contributed by atoms with Crippen molar-refractivity contribution in [1.82, 2.24) is 5.32 Å². The highest BCUT2D eigenvalue weighted by molar-refractivity contribution is 6.29. The normalized spacial score (nSPS) is 14.9. The van der Waals surface area contributed by atoms with Crippen LogP contribution in [0.2, 0.25) is 5.22 Å². The first-order valence-electron chi connectivity index (χ1n) is 5.09. The van der Waals surface area contributed by atoms with Crippen molar-refractivity contribution in [3.63, 3.8) is 0 Å². The van der Waals surface area contributed by atoms with Crippen molar-refractivity contribution in [2.24, 2.45) is 5.92 Å². The van der Waals surface area contributed by atoms with Gasteiger partial charge in [-0.2, -0.15) is 0 Å². The molecule has 0 aliphatic carbocycles. The average Bonchev–Trinajstić information content (AvgIpc) is 2.61. The second-order valence-electron chi connectivity index (χ2n) is 4.30. The van der Waals surface area contributed by atoms with Crippen LogP contribution in [0.15, 0.2) is 16.5 Å². The highest BCUT2D eigenvalue weighted by Crippen LogP contribution is 2.16. The molecular weight excluding hydrogens is 230 g/mol. The fourth-order valence-electron chi connectivity index (χ4n) is 0.987. The Kier molecular flexibility index (Phi) is 3.99. The molecule has 0 bridgehead atoms. The average molecular weight is 246 g/mol. The summed E-state index contributed by atoms with van der Waals surface area (Å²) in [4.78, 5) is 11.6. The molecule has 1 unspecified atom stereocenters. The fraction of sp³-hybridized carbons (Fsp3) is 0.545. The van der Waals surface area contributed by atoms with Crippen LogP contribution in [0.4, 0.5) is 0 Å². The van der Waals surface area contributed by atoms with Crippen molar-refractivity contribution in [2.75, 3.05) is 6.54 Å². The predicted molar refractivity (Wildman–Crippen MR) is 61.5 cm³/mol. The summed E-state index contributed by atoms with van der Waals surface area (Å²) in [5.74, 6) is -0.189. The number of furan rings is 1. The van der Waals surface area contributed by atoms with Crippen molar-refractivity contribution in [1.29, 1.82) is 0 Å². The Morgan fingerprint density at radius 1 is 1.62 bits per heavy atom. The number of hydrogen-bond acceptors (Lipinski definition) is 3. The molecule has 0 radical (unpaired) electrons. The summed E-state index contributed by atoms with van der Waals surface area (Å²) in [6.07, 6.45) is 0. The predicted octanol–water partition coefficient (Wildman–Crippen LogP) is 2.07. The number of aliphatic hydroxyl groups is 1. The standard InChI is InChI=1S/C11H16ClNO3/c1-7(2)11(3,15)6-13-10(14)8-4-5-9(12)16-8/h4-5,7,15H,6H2,1-3H3,(H,13,14). The second kappa shape index (κ2) is 4.89. The molecule has 4 nitrogen and oxygen atoms in total. The zero-order valence-corrected chi connectivity index (χ0v) is 10.3. The number of nitrogens with one attached hydrogen (secondary N) is 1. The molecule has 1 aromatic rings. The van der Waals surface area contributed by atoms with Gasteiger partial charge in [0.25, 0.3) is 5.91 Å². The molecule has 2 N–H and O–H groups in total. The van der Waals surface area contributed by atoms with E-state index in [1.54, 1.807) is 6.92 Å². The molecule has 0 saturated heterocycles. The van der Waals surface area contributed by atoms with E-state index in [9.17, 15) is 9.90 Å². The van der Waals surface area contributed by atoms with Crippen molar-refractivity contribution in [2.45, 2.75) is 26.4 Å². The highest BCUT2D eigenvalue weighted by Gasteiger charge is 2.26. The van der Waals surface area contributed by atoms with E-state index in [4.69, 9.17) is 16.0 Å². The van der Waals surface area contributed by atoms with E-state index in [0.717, 1.165) is 0 Å². The summed E-state index contributed by atoms with van der Waals surface area (Å²) in [6, 6.07) is 2.98. The molecule has 1 aromatic heterocycles. The molecule has 0 saturated carbocycles. The van der Waals surface area contributed by atoms with Gasteiger partial charge in [-0.05, 0) is 36.6 Å². The Balaban J connectivity index is 2.54. The van der Waals surface area contributed by atoms with Gasteiger partial charge in [0, 0.05) is 6.54 Å². The van der Waals surface area contributed by atoms with E-state index in [-0.39, 0.29) is 29.3 Å². The van der Waals surface area contributed by atoms with Gasteiger partial charge in [-0.3, -0.25) is 4.79 Å². The Labute approximate surface area is 99.6 Å². The van der Waals surface area contributed by atoms with Gasteiger partial charge in [-0.25, -0.2) is 0 Å². The van der Waals surface area contributed by atoms with Crippen LogP contribution in [-0.2, 0) is 0 Å². The fourth-order valence-corrected chi connectivity index (χ4v) is 1.13. The van der Waals surface area contributed by atoms with E-state index in [1.165, 1.54) is 12.1 Å². The minimum absolute atomic E-state index is 0.0491. The third-order valence-electron chi connectivity index (χ3n) is 2.65. The summed E-state index contributed by atoms with van der Waals surface area (Å²) in [5.41, 5.74) is -0.938. The van der Waals surface area contributed by atoms with Crippen LogP contribution >= 0.6 is 11.6 Å². The largest absolute Gasteiger partial charge is 0.440 e. The molecule has 1 amide bonds. The maximum Gasteiger partial charge on any atom is 0.287 e. The Morgan fingerprint density at radius 2 is 2.25 bits per heavy atom.